The third kappa shape index (κ3) is 2.85. The first-order valence-electron chi connectivity index (χ1n) is 9.04. The average molecular weight is 314 g/mol. The fourth-order valence-corrected chi connectivity index (χ4v) is 4.33. The van der Waals surface area contributed by atoms with E-state index in [0.29, 0.717) is 18.6 Å². The van der Waals surface area contributed by atoms with Gasteiger partial charge >= 0.3 is 0 Å². The quantitative estimate of drug-likeness (QED) is 0.838. The summed E-state index contributed by atoms with van der Waals surface area (Å²) in [6, 6.07) is 10.5. The molecule has 23 heavy (non-hydrogen) atoms. The summed E-state index contributed by atoms with van der Waals surface area (Å²) in [4.78, 5) is 17.7. The number of carbonyl (C=O) groups excluding carboxylic acids is 1. The zero-order chi connectivity index (χ0) is 15.7. The van der Waals surface area contributed by atoms with Crippen LogP contribution in [0.4, 0.5) is 0 Å². The maximum absolute atomic E-state index is 13.1. The highest BCUT2D eigenvalue weighted by molar-refractivity contribution is 5.88. The number of nitrogens with zero attached hydrogens (tertiary/aromatic N) is 2. The minimum atomic E-state index is -0.221. The van der Waals surface area contributed by atoms with E-state index in [4.69, 9.17) is 4.74 Å². The van der Waals surface area contributed by atoms with Crippen molar-refractivity contribution in [1.82, 2.24) is 9.80 Å². The molecule has 1 aromatic rings. The molecule has 1 spiro atoms. The van der Waals surface area contributed by atoms with E-state index in [2.05, 4.69) is 9.80 Å². The van der Waals surface area contributed by atoms with Gasteiger partial charge in [-0.05, 0) is 57.2 Å². The highest BCUT2D eigenvalue weighted by Crippen LogP contribution is 2.41. The smallest absolute Gasteiger partial charge is 0.243 e. The second kappa shape index (κ2) is 6.16. The fourth-order valence-electron chi connectivity index (χ4n) is 4.33. The van der Waals surface area contributed by atoms with Crippen LogP contribution in [0.2, 0.25) is 0 Å². The SMILES string of the molecule is O=C1N(C2CC2)CCCC12CCCN2CCOc1ccccc1. The van der Waals surface area contributed by atoms with Crippen LogP contribution in [0.3, 0.4) is 0 Å². The summed E-state index contributed by atoms with van der Waals surface area (Å²) in [6.07, 6.45) is 6.76. The van der Waals surface area contributed by atoms with Crippen LogP contribution in [-0.2, 0) is 4.79 Å². The van der Waals surface area contributed by atoms with Gasteiger partial charge in [-0.1, -0.05) is 18.2 Å². The molecule has 1 aromatic carbocycles. The molecule has 1 atom stereocenters. The second-order valence-corrected chi connectivity index (χ2v) is 7.12. The van der Waals surface area contributed by atoms with Gasteiger partial charge in [-0.3, -0.25) is 9.69 Å². The Morgan fingerprint density at radius 2 is 1.83 bits per heavy atom. The van der Waals surface area contributed by atoms with Crippen LogP contribution in [-0.4, -0.2) is 53.5 Å². The van der Waals surface area contributed by atoms with Crippen molar-refractivity contribution in [2.75, 3.05) is 26.2 Å². The van der Waals surface area contributed by atoms with E-state index in [1.807, 2.05) is 30.3 Å². The zero-order valence-electron chi connectivity index (χ0n) is 13.7. The first-order chi connectivity index (χ1) is 11.3. The highest BCUT2D eigenvalue weighted by Gasteiger charge is 2.52. The fraction of sp³-hybridized carbons (Fsp3) is 0.632. The number of hydrogen-bond donors (Lipinski definition) is 0. The molecule has 3 fully saturated rings. The number of benzene rings is 1. The lowest BCUT2D eigenvalue weighted by atomic mass is 9.85. The Morgan fingerprint density at radius 3 is 2.57 bits per heavy atom. The Kier molecular flexibility index (Phi) is 4.02. The van der Waals surface area contributed by atoms with E-state index < -0.39 is 0 Å². The number of piperidine rings is 1. The van der Waals surface area contributed by atoms with Crippen molar-refractivity contribution in [3.8, 4) is 5.75 Å². The topological polar surface area (TPSA) is 32.8 Å². The molecule has 0 N–H and O–H groups in total. The molecule has 2 aliphatic heterocycles. The summed E-state index contributed by atoms with van der Waals surface area (Å²) in [6.45, 7) is 3.50. The molecule has 0 aromatic heterocycles. The van der Waals surface area contributed by atoms with Crippen LogP contribution >= 0.6 is 0 Å². The number of amides is 1. The molecule has 3 aliphatic rings. The number of para-hydroxylation sites is 1. The van der Waals surface area contributed by atoms with Gasteiger partial charge in [0, 0.05) is 19.1 Å². The van der Waals surface area contributed by atoms with Gasteiger partial charge in [-0.25, -0.2) is 0 Å². The van der Waals surface area contributed by atoms with Gasteiger partial charge in [0.05, 0.1) is 0 Å². The molecule has 4 heteroatoms. The lowest BCUT2D eigenvalue weighted by molar-refractivity contribution is -0.148. The Morgan fingerprint density at radius 1 is 1.09 bits per heavy atom. The van der Waals surface area contributed by atoms with E-state index in [0.717, 1.165) is 51.1 Å². The molecule has 2 heterocycles. The molecular weight excluding hydrogens is 288 g/mol. The summed E-state index contributed by atoms with van der Waals surface area (Å²) in [5, 5.41) is 0. The van der Waals surface area contributed by atoms with Crippen molar-refractivity contribution in [2.45, 2.75) is 50.1 Å². The largest absolute Gasteiger partial charge is 0.492 e. The number of rotatable bonds is 5. The van der Waals surface area contributed by atoms with Crippen molar-refractivity contribution in [2.24, 2.45) is 0 Å². The van der Waals surface area contributed by atoms with Gasteiger partial charge in [-0.15, -0.1) is 0 Å². The molecule has 1 aliphatic carbocycles. The van der Waals surface area contributed by atoms with E-state index >= 15 is 0 Å². The summed E-state index contributed by atoms with van der Waals surface area (Å²) in [5.41, 5.74) is -0.221. The van der Waals surface area contributed by atoms with Crippen LogP contribution in [0.1, 0.15) is 38.5 Å². The van der Waals surface area contributed by atoms with Gasteiger partial charge in [-0.2, -0.15) is 0 Å². The molecule has 2 saturated heterocycles. The zero-order valence-corrected chi connectivity index (χ0v) is 13.7. The van der Waals surface area contributed by atoms with E-state index in [9.17, 15) is 4.79 Å². The van der Waals surface area contributed by atoms with Crippen LogP contribution in [0, 0.1) is 0 Å². The predicted octanol–water partition coefficient (Wildman–Crippen LogP) is 2.68. The number of hydrogen-bond acceptors (Lipinski definition) is 3. The maximum atomic E-state index is 13.1. The van der Waals surface area contributed by atoms with Crippen molar-refractivity contribution < 1.29 is 9.53 Å². The molecule has 1 amide bonds. The summed E-state index contributed by atoms with van der Waals surface area (Å²) in [5.74, 6) is 1.32. The summed E-state index contributed by atoms with van der Waals surface area (Å²) < 4.78 is 5.86. The van der Waals surface area contributed by atoms with E-state index in [1.54, 1.807) is 0 Å². The Hall–Kier alpha value is -1.55. The second-order valence-electron chi connectivity index (χ2n) is 7.12. The molecule has 0 radical (unpaired) electrons. The molecule has 124 valence electrons. The minimum absolute atomic E-state index is 0.221. The highest BCUT2D eigenvalue weighted by atomic mass is 16.5. The molecule has 1 saturated carbocycles. The lowest BCUT2D eigenvalue weighted by Crippen LogP contribution is -2.60. The molecule has 4 rings (SSSR count). The normalized spacial score (nSPS) is 28.5. The summed E-state index contributed by atoms with van der Waals surface area (Å²) >= 11 is 0. The van der Waals surface area contributed by atoms with Crippen molar-refractivity contribution in [3.05, 3.63) is 30.3 Å². The minimum Gasteiger partial charge on any atom is -0.492 e. The first kappa shape index (κ1) is 15.0. The Balaban J connectivity index is 1.40. The van der Waals surface area contributed by atoms with Crippen LogP contribution in [0.25, 0.3) is 0 Å². The standard InChI is InChI=1S/C19H26N2O2/c22-18-19(11-5-13-21(18)16-8-9-16)10-4-12-20(19)14-15-23-17-6-2-1-3-7-17/h1-3,6-7,16H,4-5,8-15H2. The molecule has 4 nitrogen and oxygen atoms in total. The average Bonchev–Trinajstić information content (AvgIpc) is 3.34. The van der Waals surface area contributed by atoms with E-state index in [-0.39, 0.29) is 5.54 Å². The van der Waals surface area contributed by atoms with Gasteiger partial charge in [0.25, 0.3) is 0 Å². The van der Waals surface area contributed by atoms with Gasteiger partial charge in [0.15, 0.2) is 0 Å². The van der Waals surface area contributed by atoms with Gasteiger partial charge in [0.2, 0.25) is 5.91 Å². The predicted molar refractivity (Wildman–Crippen MR) is 89.4 cm³/mol. The van der Waals surface area contributed by atoms with Gasteiger partial charge in [0.1, 0.15) is 17.9 Å². The third-order valence-corrected chi connectivity index (χ3v) is 5.63. The van der Waals surface area contributed by atoms with Crippen molar-refractivity contribution in [3.63, 3.8) is 0 Å². The summed E-state index contributed by atoms with van der Waals surface area (Å²) in [7, 11) is 0. The van der Waals surface area contributed by atoms with Crippen LogP contribution in [0.5, 0.6) is 5.75 Å². The van der Waals surface area contributed by atoms with Crippen LogP contribution < -0.4 is 4.74 Å². The number of likely N-dealkylation sites (tertiary alicyclic amines) is 2. The lowest BCUT2D eigenvalue weighted by Gasteiger charge is -2.44. The molecule has 0 bridgehead atoms. The molecule has 1 unspecified atom stereocenters. The molecular formula is C19H26N2O2. The van der Waals surface area contributed by atoms with Crippen LogP contribution in [0.15, 0.2) is 30.3 Å². The van der Waals surface area contributed by atoms with Crippen molar-refractivity contribution >= 4 is 5.91 Å². The maximum Gasteiger partial charge on any atom is 0.243 e. The number of carbonyl (C=O) groups is 1. The first-order valence-corrected chi connectivity index (χ1v) is 9.04. The van der Waals surface area contributed by atoms with Gasteiger partial charge < -0.3 is 9.64 Å². The van der Waals surface area contributed by atoms with Crippen molar-refractivity contribution in [1.29, 1.82) is 0 Å². The Labute approximate surface area is 138 Å². The Bertz CT molecular complexity index is 558. The number of ether oxygens (including phenoxy) is 1. The monoisotopic (exact) mass is 314 g/mol. The third-order valence-electron chi connectivity index (χ3n) is 5.63. The van der Waals surface area contributed by atoms with E-state index in [1.165, 1.54) is 12.8 Å².